The van der Waals surface area contributed by atoms with E-state index in [4.69, 9.17) is 16.3 Å². The number of esters is 1. The van der Waals surface area contributed by atoms with E-state index in [1.807, 2.05) is 25.1 Å². The molecular formula is C13H14ClNO2. The molecule has 0 heterocycles. The zero-order valence-electron chi connectivity index (χ0n) is 9.87. The minimum Gasteiger partial charge on any atom is -0.461 e. The van der Waals surface area contributed by atoms with E-state index in [9.17, 15) is 4.79 Å². The fraction of sp³-hybridized carbons (Fsp3) is 0.231. The summed E-state index contributed by atoms with van der Waals surface area (Å²) in [4.78, 5) is 15.8. The second-order valence-electron chi connectivity index (χ2n) is 3.37. The lowest BCUT2D eigenvalue weighted by atomic mass is 10.2. The third kappa shape index (κ3) is 3.71. The fourth-order valence-electron chi connectivity index (χ4n) is 1.23. The van der Waals surface area contributed by atoms with Crippen LogP contribution in [0.2, 0.25) is 0 Å². The van der Waals surface area contributed by atoms with E-state index in [1.54, 1.807) is 13.0 Å². The van der Waals surface area contributed by atoms with Crippen LogP contribution in [0.1, 0.15) is 12.5 Å². The molecule has 0 fully saturated rings. The van der Waals surface area contributed by atoms with Crippen molar-refractivity contribution in [2.75, 3.05) is 6.61 Å². The molecule has 0 aliphatic rings. The van der Waals surface area contributed by atoms with E-state index >= 15 is 0 Å². The smallest absolute Gasteiger partial charge is 0.358 e. The summed E-state index contributed by atoms with van der Waals surface area (Å²) in [6, 6.07) is 7.44. The molecule has 1 rings (SSSR count). The van der Waals surface area contributed by atoms with Gasteiger partial charge < -0.3 is 4.74 Å². The quantitative estimate of drug-likeness (QED) is 0.608. The van der Waals surface area contributed by atoms with Gasteiger partial charge in [-0.25, -0.2) is 9.79 Å². The first-order chi connectivity index (χ1) is 8.06. The van der Waals surface area contributed by atoms with Gasteiger partial charge in [-0.15, -0.1) is 0 Å². The lowest BCUT2D eigenvalue weighted by Gasteiger charge is -2.05. The van der Waals surface area contributed by atoms with Gasteiger partial charge in [0.25, 0.3) is 0 Å². The summed E-state index contributed by atoms with van der Waals surface area (Å²) in [6.07, 6.45) is 0. The van der Waals surface area contributed by atoms with Crippen LogP contribution >= 0.6 is 11.6 Å². The number of para-hydroxylation sites is 1. The van der Waals surface area contributed by atoms with Gasteiger partial charge in [-0.05, 0) is 25.5 Å². The van der Waals surface area contributed by atoms with Crippen molar-refractivity contribution in [3.63, 3.8) is 0 Å². The molecule has 0 radical (unpaired) electrons. The van der Waals surface area contributed by atoms with Crippen molar-refractivity contribution in [1.82, 2.24) is 0 Å². The van der Waals surface area contributed by atoms with Crippen molar-refractivity contribution < 1.29 is 9.53 Å². The maximum Gasteiger partial charge on any atom is 0.358 e. The lowest BCUT2D eigenvalue weighted by Crippen LogP contribution is -2.17. The van der Waals surface area contributed by atoms with Gasteiger partial charge in [0.15, 0.2) is 5.71 Å². The maximum absolute atomic E-state index is 11.6. The van der Waals surface area contributed by atoms with Crippen LogP contribution in [0, 0.1) is 6.92 Å². The van der Waals surface area contributed by atoms with Gasteiger partial charge in [0.05, 0.1) is 17.3 Å². The molecule has 0 amide bonds. The zero-order chi connectivity index (χ0) is 12.8. The van der Waals surface area contributed by atoms with Crippen LogP contribution in [0.25, 0.3) is 0 Å². The van der Waals surface area contributed by atoms with Crippen molar-refractivity contribution in [2.24, 2.45) is 4.99 Å². The molecule has 0 N–H and O–H groups in total. The second kappa shape index (κ2) is 6.21. The van der Waals surface area contributed by atoms with Crippen molar-refractivity contribution in [2.45, 2.75) is 13.8 Å². The molecule has 0 unspecified atom stereocenters. The molecule has 17 heavy (non-hydrogen) atoms. The number of benzene rings is 1. The Bertz CT molecular complexity index is 466. The van der Waals surface area contributed by atoms with Crippen LogP contribution in [-0.2, 0) is 9.53 Å². The van der Waals surface area contributed by atoms with Crippen molar-refractivity contribution in [1.29, 1.82) is 0 Å². The number of aryl methyl sites for hydroxylation is 1. The van der Waals surface area contributed by atoms with Gasteiger partial charge >= 0.3 is 5.97 Å². The summed E-state index contributed by atoms with van der Waals surface area (Å²) >= 11 is 5.75. The Balaban J connectivity index is 3.11. The number of rotatable bonds is 4. The average molecular weight is 252 g/mol. The first-order valence-corrected chi connectivity index (χ1v) is 5.60. The Morgan fingerprint density at radius 3 is 2.65 bits per heavy atom. The number of ether oxygens (including phenoxy) is 1. The van der Waals surface area contributed by atoms with Crippen LogP contribution in [0.3, 0.4) is 0 Å². The van der Waals surface area contributed by atoms with Gasteiger partial charge in [-0.3, -0.25) is 0 Å². The average Bonchev–Trinajstić information content (AvgIpc) is 2.27. The molecule has 0 saturated heterocycles. The van der Waals surface area contributed by atoms with Crippen LogP contribution in [-0.4, -0.2) is 18.3 Å². The topological polar surface area (TPSA) is 38.7 Å². The third-order valence-corrected chi connectivity index (χ3v) is 2.25. The molecule has 90 valence electrons. The van der Waals surface area contributed by atoms with Crippen LogP contribution in [0.15, 0.2) is 40.9 Å². The van der Waals surface area contributed by atoms with E-state index in [0.29, 0.717) is 5.69 Å². The summed E-state index contributed by atoms with van der Waals surface area (Å²) < 4.78 is 4.86. The summed E-state index contributed by atoms with van der Waals surface area (Å²) in [7, 11) is 0. The molecule has 3 nitrogen and oxygen atoms in total. The van der Waals surface area contributed by atoms with Gasteiger partial charge in [0.2, 0.25) is 0 Å². The minimum absolute atomic E-state index is 0.0443. The number of hydrogen-bond donors (Lipinski definition) is 0. The van der Waals surface area contributed by atoms with Crippen LogP contribution in [0.5, 0.6) is 0 Å². The van der Waals surface area contributed by atoms with Crippen molar-refractivity contribution in [3.8, 4) is 0 Å². The molecule has 0 atom stereocenters. The first-order valence-electron chi connectivity index (χ1n) is 5.22. The Labute approximate surface area is 106 Å². The molecular weight excluding hydrogens is 238 g/mol. The summed E-state index contributed by atoms with van der Waals surface area (Å²) in [6.45, 7) is 7.42. The highest BCUT2D eigenvalue weighted by molar-refractivity contribution is 6.58. The number of aliphatic imine (C=N–C) groups is 1. The Kier molecular flexibility index (Phi) is 4.91. The van der Waals surface area contributed by atoms with Crippen LogP contribution < -0.4 is 0 Å². The highest BCUT2D eigenvalue weighted by Gasteiger charge is 2.15. The molecule has 0 aliphatic heterocycles. The molecule has 0 bridgehead atoms. The summed E-state index contributed by atoms with van der Waals surface area (Å²) in [5.74, 6) is -0.559. The monoisotopic (exact) mass is 251 g/mol. The van der Waals surface area contributed by atoms with Crippen molar-refractivity contribution in [3.05, 3.63) is 41.4 Å². The van der Waals surface area contributed by atoms with E-state index in [0.717, 1.165) is 5.56 Å². The van der Waals surface area contributed by atoms with E-state index in [-0.39, 0.29) is 17.4 Å². The lowest BCUT2D eigenvalue weighted by molar-refractivity contribution is -0.134. The normalized spacial score (nSPS) is 11.1. The Morgan fingerprint density at radius 2 is 2.12 bits per heavy atom. The molecule has 0 spiro atoms. The van der Waals surface area contributed by atoms with Crippen molar-refractivity contribution >= 4 is 29.0 Å². The SMILES string of the molecule is C=C(Cl)C(=Nc1ccccc1C)C(=O)OCC. The molecule has 0 aromatic heterocycles. The van der Waals surface area contributed by atoms with Gasteiger partial charge in [-0.1, -0.05) is 36.4 Å². The van der Waals surface area contributed by atoms with E-state index in [1.165, 1.54) is 0 Å². The largest absolute Gasteiger partial charge is 0.461 e. The third-order valence-electron chi connectivity index (χ3n) is 2.07. The van der Waals surface area contributed by atoms with Gasteiger partial charge in [-0.2, -0.15) is 0 Å². The Morgan fingerprint density at radius 1 is 1.47 bits per heavy atom. The van der Waals surface area contributed by atoms with E-state index < -0.39 is 5.97 Å². The minimum atomic E-state index is -0.559. The predicted molar refractivity (Wildman–Crippen MR) is 69.9 cm³/mol. The zero-order valence-corrected chi connectivity index (χ0v) is 10.6. The highest BCUT2D eigenvalue weighted by Crippen LogP contribution is 2.19. The number of nitrogens with zero attached hydrogens (tertiary/aromatic N) is 1. The highest BCUT2D eigenvalue weighted by atomic mass is 35.5. The number of carbonyl (C=O) groups excluding carboxylic acids is 1. The molecule has 4 heteroatoms. The Hall–Kier alpha value is -1.61. The molecule has 1 aromatic rings. The molecule has 0 aliphatic carbocycles. The second-order valence-corrected chi connectivity index (χ2v) is 3.83. The molecule has 0 saturated carbocycles. The maximum atomic E-state index is 11.6. The van der Waals surface area contributed by atoms with E-state index in [2.05, 4.69) is 11.6 Å². The first kappa shape index (κ1) is 13.5. The summed E-state index contributed by atoms with van der Waals surface area (Å²) in [5, 5.41) is 0.0757. The number of halogens is 1. The fourth-order valence-corrected chi connectivity index (χ4v) is 1.35. The number of hydrogen-bond acceptors (Lipinski definition) is 3. The standard InChI is InChI=1S/C13H14ClNO2/c1-4-17-13(16)12(10(3)14)15-11-8-6-5-7-9(11)2/h5-8H,3-4H2,1-2H3. The van der Waals surface area contributed by atoms with Crippen LogP contribution in [0.4, 0.5) is 5.69 Å². The number of carbonyl (C=O) groups is 1. The summed E-state index contributed by atoms with van der Waals surface area (Å²) in [5.41, 5.74) is 1.67. The molecule has 1 aromatic carbocycles. The predicted octanol–water partition coefficient (Wildman–Crippen LogP) is 3.38. The van der Waals surface area contributed by atoms with Gasteiger partial charge in [0.1, 0.15) is 0 Å². The van der Waals surface area contributed by atoms with Gasteiger partial charge in [0, 0.05) is 0 Å².